The molecule has 4 nitrogen and oxygen atoms in total. The van der Waals surface area contributed by atoms with E-state index in [1.165, 1.54) is 13.1 Å². The zero-order valence-electron chi connectivity index (χ0n) is 11.0. The molecule has 2 rings (SSSR count). The number of nitrogens with one attached hydrogen (secondary N) is 1. The van der Waals surface area contributed by atoms with Crippen LogP contribution in [0.25, 0.3) is 0 Å². The molecular weight excluding hydrogens is 252 g/mol. The van der Waals surface area contributed by atoms with Gasteiger partial charge in [-0.2, -0.15) is 0 Å². The van der Waals surface area contributed by atoms with E-state index in [0.717, 1.165) is 32.0 Å². The number of halogens is 2. The van der Waals surface area contributed by atoms with Gasteiger partial charge >= 0.3 is 0 Å². The van der Waals surface area contributed by atoms with Crippen LogP contribution in [0.2, 0.25) is 0 Å². The van der Waals surface area contributed by atoms with Crippen molar-refractivity contribution in [3.63, 3.8) is 0 Å². The summed E-state index contributed by atoms with van der Waals surface area (Å²) in [5.74, 6) is -1.54. The molecule has 2 heterocycles. The van der Waals surface area contributed by atoms with E-state index in [2.05, 4.69) is 15.2 Å². The largest absolute Gasteiger partial charge is 0.486 e. The van der Waals surface area contributed by atoms with Crippen molar-refractivity contribution in [2.75, 3.05) is 37.7 Å². The third-order valence-corrected chi connectivity index (χ3v) is 3.13. The summed E-state index contributed by atoms with van der Waals surface area (Å²) in [4.78, 5) is 6.41. The average molecular weight is 271 g/mol. The highest BCUT2D eigenvalue weighted by Crippen LogP contribution is 2.21. The summed E-state index contributed by atoms with van der Waals surface area (Å²) in [5, 5.41) is 3.26. The molecule has 0 saturated carbocycles. The molecule has 0 aliphatic carbocycles. The first kappa shape index (κ1) is 14.0. The van der Waals surface area contributed by atoms with E-state index < -0.39 is 12.5 Å². The fourth-order valence-electron chi connectivity index (χ4n) is 1.83. The Hall–Kier alpha value is -1.43. The predicted octanol–water partition coefficient (Wildman–Crippen LogP) is 1.92. The van der Waals surface area contributed by atoms with E-state index in [0.29, 0.717) is 5.75 Å². The topological polar surface area (TPSA) is 37.4 Å². The lowest BCUT2D eigenvalue weighted by Crippen LogP contribution is -2.43. The fourth-order valence-corrected chi connectivity index (χ4v) is 1.83. The monoisotopic (exact) mass is 271 g/mol. The van der Waals surface area contributed by atoms with Gasteiger partial charge in [-0.05, 0) is 12.1 Å². The van der Waals surface area contributed by atoms with E-state index in [9.17, 15) is 8.78 Å². The van der Waals surface area contributed by atoms with E-state index >= 15 is 0 Å². The van der Waals surface area contributed by atoms with Crippen molar-refractivity contribution in [2.45, 2.75) is 19.3 Å². The van der Waals surface area contributed by atoms with Crippen LogP contribution in [0.4, 0.5) is 14.6 Å². The number of hydrogen-bond acceptors (Lipinski definition) is 4. The normalized spacial score (nSPS) is 16.5. The molecule has 1 aliphatic rings. The second kappa shape index (κ2) is 6.14. The number of pyridine rings is 1. The minimum absolute atomic E-state index is 0.223. The van der Waals surface area contributed by atoms with E-state index in [1.54, 1.807) is 6.07 Å². The molecule has 6 heteroatoms. The van der Waals surface area contributed by atoms with Gasteiger partial charge < -0.3 is 15.0 Å². The molecule has 1 N–H and O–H groups in total. The Kier molecular flexibility index (Phi) is 4.52. The maximum Gasteiger partial charge on any atom is 0.281 e. The van der Waals surface area contributed by atoms with Crippen LogP contribution in [-0.2, 0) is 0 Å². The van der Waals surface area contributed by atoms with Crippen molar-refractivity contribution >= 4 is 5.82 Å². The molecule has 106 valence electrons. The molecule has 1 aromatic heterocycles. The Labute approximate surface area is 111 Å². The van der Waals surface area contributed by atoms with Crippen LogP contribution in [0.15, 0.2) is 18.3 Å². The number of hydrogen-bond donors (Lipinski definition) is 1. The second-order valence-electron chi connectivity index (χ2n) is 4.59. The van der Waals surface area contributed by atoms with Gasteiger partial charge in [0.2, 0.25) is 0 Å². The van der Waals surface area contributed by atoms with Crippen LogP contribution in [0.3, 0.4) is 0 Å². The highest BCUT2D eigenvalue weighted by molar-refractivity contribution is 5.41. The van der Waals surface area contributed by atoms with E-state index in [4.69, 9.17) is 4.74 Å². The molecule has 1 fully saturated rings. The SMILES string of the molecule is CCC(F)(F)COc1ccc(N2CCNCC2)nc1. The number of ether oxygens (including phenoxy) is 1. The van der Waals surface area contributed by atoms with Gasteiger partial charge in [-0.25, -0.2) is 13.8 Å². The number of anilines is 1. The Morgan fingerprint density at radius 2 is 2.11 bits per heavy atom. The molecular formula is C13H19F2N3O. The summed E-state index contributed by atoms with van der Waals surface area (Å²) in [5.41, 5.74) is 0. The maximum absolute atomic E-state index is 13.0. The third-order valence-electron chi connectivity index (χ3n) is 3.13. The molecule has 0 spiro atoms. The smallest absolute Gasteiger partial charge is 0.281 e. The molecule has 1 aliphatic heterocycles. The van der Waals surface area contributed by atoms with Crippen LogP contribution >= 0.6 is 0 Å². The van der Waals surface area contributed by atoms with Crippen LogP contribution < -0.4 is 15.0 Å². The Morgan fingerprint density at radius 3 is 2.68 bits per heavy atom. The maximum atomic E-state index is 13.0. The molecule has 0 unspecified atom stereocenters. The number of nitrogens with zero attached hydrogens (tertiary/aromatic N) is 2. The summed E-state index contributed by atoms with van der Waals surface area (Å²) in [7, 11) is 0. The first-order valence-corrected chi connectivity index (χ1v) is 6.53. The van der Waals surface area contributed by atoms with Crippen molar-refractivity contribution in [1.29, 1.82) is 0 Å². The van der Waals surface area contributed by atoms with Crippen molar-refractivity contribution in [3.05, 3.63) is 18.3 Å². The zero-order chi connectivity index (χ0) is 13.7. The minimum Gasteiger partial charge on any atom is -0.486 e. The van der Waals surface area contributed by atoms with Gasteiger partial charge in [0.05, 0.1) is 6.20 Å². The van der Waals surface area contributed by atoms with Crippen molar-refractivity contribution < 1.29 is 13.5 Å². The van der Waals surface area contributed by atoms with Crippen LogP contribution in [0.1, 0.15) is 13.3 Å². The van der Waals surface area contributed by atoms with Gasteiger partial charge in [0, 0.05) is 32.6 Å². The highest BCUT2D eigenvalue weighted by atomic mass is 19.3. The highest BCUT2D eigenvalue weighted by Gasteiger charge is 2.27. The Bertz CT molecular complexity index is 391. The van der Waals surface area contributed by atoms with Gasteiger partial charge in [0.25, 0.3) is 5.92 Å². The number of alkyl halides is 2. The standard InChI is InChI=1S/C13H19F2N3O/c1-2-13(14,15)10-19-11-3-4-12(17-9-11)18-7-5-16-6-8-18/h3-4,9,16H,2,5-8,10H2,1H3. The van der Waals surface area contributed by atoms with Crippen LogP contribution in [0.5, 0.6) is 5.75 Å². The molecule has 0 bridgehead atoms. The van der Waals surface area contributed by atoms with Gasteiger partial charge in [0.15, 0.2) is 6.61 Å². The van der Waals surface area contributed by atoms with Crippen LogP contribution in [0, 0.1) is 0 Å². The van der Waals surface area contributed by atoms with Crippen LogP contribution in [-0.4, -0.2) is 43.7 Å². The van der Waals surface area contributed by atoms with E-state index in [1.807, 2.05) is 6.07 Å². The summed E-state index contributed by atoms with van der Waals surface area (Å²) >= 11 is 0. The summed E-state index contributed by atoms with van der Waals surface area (Å²) in [6.45, 7) is 4.51. The molecule has 1 saturated heterocycles. The minimum atomic E-state index is -2.78. The van der Waals surface area contributed by atoms with Crippen molar-refractivity contribution in [1.82, 2.24) is 10.3 Å². The number of rotatable bonds is 5. The van der Waals surface area contributed by atoms with Gasteiger partial charge in [-0.3, -0.25) is 0 Å². The first-order valence-electron chi connectivity index (χ1n) is 6.53. The number of aromatic nitrogens is 1. The molecule has 0 atom stereocenters. The number of piperazine rings is 1. The van der Waals surface area contributed by atoms with Crippen molar-refractivity contribution in [3.8, 4) is 5.75 Å². The lowest BCUT2D eigenvalue weighted by molar-refractivity contribution is -0.0437. The first-order chi connectivity index (χ1) is 9.11. The lowest BCUT2D eigenvalue weighted by atomic mass is 10.3. The summed E-state index contributed by atoms with van der Waals surface area (Å²) in [6.07, 6.45) is 1.28. The fraction of sp³-hybridized carbons (Fsp3) is 0.615. The third kappa shape index (κ3) is 4.02. The predicted molar refractivity (Wildman–Crippen MR) is 70.1 cm³/mol. The average Bonchev–Trinajstić information content (AvgIpc) is 2.47. The summed E-state index contributed by atoms with van der Waals surface area (Å²) in [6, 6.07) is 3.50. The second-order valence-corrected chi connectivity index (χ2v) is 4.59. The molecule has 0 amide bonds. The molecule has 19 heavy (non-hydrogen) atoms. The zero-order valence-corrected chi connectivity index (χ0v) is 11.0. The van der Waals surface area contributed by atoms with Gasteiger partial charge in [0.1, 0.15) is 11.6 Å². The lowest BCUT2D eigenvalue weighted by Gasteiger charge is -2.28. The van der Waals surface area contributed by atoms with E-state index in [-0.39, 0.29) is 6.42 Å². The summed E-state index contributed by atoms with van der Waals surface area (Å²) < 4.78 is 31.2. The quantitative estimate of drug-likeness (QED) is 0.887. The van der Waals surface area contributed by atoms with Crippen molar-refractivity contribution in [2.24, 2.45) is 0 Å². The van der Waals surface area contributed by atoms with Gasteiger partial charge in [-0.1, -0.05) is 6.92 Å². The Morgan fingerprint density at radius 1 is 1.37 bits per heavy atom. The molecule has 0 aromatic carbocycles. The molecule has 1 aromatic rings. The Balaban J connectivity index is 1.91. The molecule has 0 radical (unpaired) electrons. The van der Waals surface area contributed by atoms with Gasteiger partial charge in [-0.15, -0.1) is 0 Å².